The number of aromatic hydroxyl groups is 2. The molecule has 0 aliphatic carbocycles. The third-order valence-corrected chi connectivity index (χ3v) is 5.46. The minimum absolute atomic E-state index is 0.0523. The summed E-state index contributed by atoms with van der Waals surface area (Å²) in [5.74, 6) is -1.76. The van der Waals surface area contributed by atoms with Crippen LogP contribution in [0, 0.1) is 0 Å². The van der Waals surface area contributed by atoms with Crippen molar-refractivity contribution in [3.8, 4) is 11.8 Å². The van der Waals surface area contributed by atoms with Gasteiger partial charge < -0.3 is 26.0 Å². The van der Waals surface area contributed by atoms with Crippen LogP contribution in [0.2, 0.25) is 0 Å². The fourth-order valence-corrected chi connectivity index (χ4v) is 3.38. The standard InChI is InChI=1S/C22H29N3O6S/c26-17(18(32)10-12-25-20(28)8-9-21(25)29)7-4-11-23-14-19(27)24-16(22(30)31)13-15-5-2-1-3-6-15/h1-3,5-6,8-9,16,18,23,28-29,32H,4,7,10-14H2,(H,24,27)(H,30,31)/t16-,18-/m0/s1. The van der Waals surface area contributed by atoms with E-state index in [2.05, 4.69) is 23.3 Å². The highest BCUT2D eigenvalue weighted by molar-refractivity contribution is 7.81. The monoisotopic (exact) mass is 463 g/mol. The Morgan fingerprint density at radius 1 is 1.03 bits per heavy atom. The van der Waals surface area contributed by atoms with Gasteiger partial charge in [0.05, 0.1) is 11.8 Å². The molecule has 1 heterocycles. The molecule has 0 spiro atoms. The average molecular weight is 464 g/mol. The van der Waals surface area contributed by atoms with Gasteiger partial charge in [-0.3, -0.25) is 14.2 Å². The van der Waals surface area contributed by atoms with E-state index >= 15 is 0 Å². The maximum absolute atomic E-state index is 12.2. The van der Waals surface area contributed by atoms with E-state index in [4.69, 9.17) is 0 Å². The number of ketones is 1. The first kappa shape index (κ1) is 25.3. The zero-order valence-corrected chi connectivity index (χ0v) is 18.5. The Morgan fingerprint density at radius 2 is 1.69 bits per heavy atom. The van der Waals surface area contributed by atoms with E-state index in [0.29, 0.717) is 19.4 Å². The van der Waals surface area contributed by atoms with E-state index < -0.39 is 23.2 Å². The highest BCUT2D eigenvalue weighted by Gasteiger charge is 2.20. The normalized spacial score (nSPS) is 12.8. The molecule has 0 unspecified atom stereocenters. The van der Waals surface area contributed by atoms with Gasteiger partial charge in [0.1, 0.15) is 11.8 Å². The van der Waals surface area contributed by atoms with Gasteiger partial charge in [-0.05, 0) is 24.9 Å². The number of aromatic nitrogens is 1. The molecule has 0 radical (unpaired) electrons. The topological polar surface area (TPSA) is 141 Å². The summed E-state index contributed by atoms with van der Waals surface area (Å²) in [5, 5.41) is 33.4. The van der Waals surface area contributed by atoms with Gasteiger partial charge in [-0.2, -0.15) is 12.6 Å². The predicted octanol–water partition coefficient (Wildman–Crippen LogP) is 1.34. The quantitative estimate of drug-likeness (QED) is 0.183. The van der Waals surface area contributed by atoms with Crippen LogP contribution >= 0.6 is 12.6 Å². The molecule has 174 valence electrons. The number of nitrogens with zero attached hydrogens (tertiary/aromatic N) is 1. The van der Waals surface area contributed by atoms with Crippen LogP contribution in [-0.4, -0.2) is 61.9 Å². The van der Waals surface area contributed by atoms with Gasteiger partial charge in [0.2, 0.25) is 5.91 Å². The van der Waals surface area contributed by atoms with Crippen LogP contribution in [0.1, 0.15) is 24.8 Å². The van der Waals surface area contributed by atoms with Crippen molar-refractivity contribution in [2.24, 2.45) is 0 Å². The third kappa shape index (κ3) is 8.27. The molecule has 32 heavy (non-hydrogen) atoms. The van der Waals surface area contributed by atoms with E-state index in [-0.39, 0.29) is 43.5 Å². The van der Waals surface area contributed by atoms with E-state index in [1.165, 1.54) is 16.7 Å². The molecule has 0 saturated carbocycles. The lowest BCUT2D eigenvalue weighted by Gasteiger charge is -2.15. The van der Waals surface area contributed by atoms with Crippen molar-refractivity contribution < 1.29 is 29.7 Å². The largest absolute Gasteiger partial charge is 0.494 e. The summed E-state index contributed by atoms with van der Waals surface area (Å²) in [5.41, 5.74) is 0.815. The van der Waals surface area contributed by atoms with E-state index in [9.17, 15) is 29.7 Å². The third-order valence-electron chi connectivity index (χ3n) is 4.91. The van der Waals surface area contributed by atoms with Crippen LogP contribution in [0.15, 0.2) is 42.5 Å². The number of aliphatic carboxylic acids is 1. The maximum Gasteiger partial charge on any atom is 0.326 e. The second kappa shape index (κ2) is 12.8. The van der Waals surface area contributed by atoms with Gasteiger partial charge in [0.25, 0.3) is 0 Å². The summed E-state index contributed by atoms with van der Waals surface area (Å²) in [4.78, 5) is 35.6. The molecule has 0 fully saturated rings. The fourth-order valence-electron chi connectivity index (χ4n) is 3.14. The summed E-state index contributed by atoms with van der Waals surface area (Å²) >= 11 is 4.29. The SMILES string of the molecule is O=C(CNCCCC(=O)[C@@H](S)CCn1c(O)ccc1O)N[C@@H](Cc1ccccc1)C(=O)O. The van der Waals surface area contributed by atoms with Crippen LogP contribution < -0.4 is 10.6 Å². The Labute approximate surface area is 191 Å². The molecule has 1 aromatic heterocycles. The lowest BCUT2D eigenvalue weighted by Crippen LogP contribution is -2.45. The number of hydrogen-bond acceptors (Lipinski definition) is 7. The summed E-state index contributed by atoms with van der Waals surface area (Å²) < 4.78 is 1.29. The minimum atomic E-state index is -1.10. The Morgan fingerprint density at radius 3 is 2.31 bits per heavy atom. The van der Waals surface area contributed by atoms with Crippen molar-refractivity contribution in [3.05, 3.63) is 48.0 Å². The molecule has 2 atom stereocenters. The molecule has 2 rings (SSSR count). The number of carbonyl (C=O) groups is 3. The maximum atomic E-state index is 12.2. The number of amides is 1. The van der Waals surface area contributed by atoms with Crippen molar-refractivity contribution >= 4 is 30.3 Å². The van der Waals surface area contributed by atoms with Crippen molar-refractivity contribution in [1.29, 1.82) is 0 Å². The first-order valence-electron chi connectivity index (χ1n) is 10.3. The Kier molecular flexibility index (Phi) is 10.1. The van der Waals surface area contributed by atoms with E-state index in [0.717, 1.165) is 5.56 Å². The molecule has 10 heteroatoms. The molecular weight excluding hydrogens is 434 g/mol. The first-order valence-corrected chi connectivity index (χ1v) is 10.8. The molecule has 2 aromatic rings. The summed E-state index contributed by atoms with van der Waals surface area (Å²) in [6, 6.07) is 10.8. The fraction of sp³-hybridized carbons (Fsp3) is 0.409. The number of carboxylic acid groups (broad SMARTS) is 1. The zero-order valence-electron chi connectivity index (χ0n) is 17.6. The van der Waals surface area contributed by atoms with Crippen LogP contribution in [-0.2, 0) is 27.3 Å². The minimum Gasteiger partial charge on any atom is -0.494 e. The Balaban J connectivity index is 1.63. The second-order valence-corrected chi connectivity index (χ2v) is 8.02. The van der Waals surface area contributed by atoms with Crippen LogP contribution in [0.3, 0.4) is 0 Å². The smallest absolute Gasteiger partial charge is 0.326 e. The molecule has 1 aromatic carbocycles. The molecule has 1 amide bonds. The molecule has 5 N–H and O–H groups in total. The van der Waals surface area contributed by atoms with Gasteiger partial charge in [0.15, 0.2) is 11.8 Å². The molecule has 0 bridgehead atoms. The predicted molar refractivity (Wildman–Crippen MR) is 122 cm³/mol. The van der Waals surface area contributed by atoms with Gasteiger partial charge in [0, 0.05) is 31.5 Å². The Hall–Kier alpha value is -2.98. The van der Waals surface area contributed by atoms with Crippen molar-refractivity contribution in [3.63, 3.8) is 0 Å². The number of thiol groups is 1. The van der Waals surface area contributed by atoms with Crippen LogP contribution in [0.4, 0.5) is 0 Å². The lowest BCUT2D eigenvalue weighted by atomic mass is 10.1. The van der Waals surface area contributed by atoms with Gasteiger partial charge >= 0.3 is 5.97 Å². The number of hydrogen-bond donors (Lipinski definition) is 6. The molecule has 0 aliphatic rings. The van der Waals surface area contributed by atoms with Crippen molar-refractivity contribution in [2.45, 2.75) is 43.5 Å². The molecular formula is C22H29N3O6S. The Bertz CT molecular complexity index is 883. The number of nitrogens with one attached hydrogen (secondary N) is 2. The molecule has 0 aliphatic heterocycles. The van der Waals surface area contributed by atoms with E-state index in [1.807, 2.05) is 18.2 Å². The number of Topliss-reactive ketones (excluding diaryl/α,β-unsaturated/α-hetero) is 1. The highest BCUT2D eigenvalue weighted by atomic mass is 32.1. The van der Waals surface area contributed by atoms with Gasteiger partial charge in [-0.1, -0.05) is 30.3 Å². The van der Waals surface area contributed by atoms with Crippen LogP contribution in [0.25, 0.3) is 0 Å². The van der Waals surface area contributed by atoms with E-state index in [1.54, 1.807) is 12.1 Å². The highest BCUT2D eigenvalue weighted by Crippen LogP contribution is 2.22. The number of rotatable bonds is 14. The number of carboxylic acids is 1. The van der Waals surface area contributed by atoms with Crippen molar-refractivity contribution in [1.82, 2.24) is 15.2 Å². The van der Waals surface area contributed by atoms with Gasteiger partial charge in [-0.15, -0.1) is 0 Å². The molecule has 9 nitrogen and oxygen atoms in total. The summed E-state index contributed by atoms with van der Waals surface area (Å²) in [7, 11) is 0. The summed E-state index contributed by atoms with van der Waals surface area (Å²) in [6.07, 6.45) is 1.30. The number of carbonyl (C=O) groups excluding carboxylic acids is 2. The number of benzene rings is 1. The summed E-state index contributed by atoms with van der Waals surface area (Å²) in [6.45, 7) is 0.620. The first-order chi connectivity index (χ1) is 15.3. The van der Waals surface area contributed by atoms with Crippen LogP contribution in [0.5, 0.6) is 11.8 Å². The second-order valence-electron chi connectivity index (χ2n) is 7.40. The lowest BCUT2D eigenvalue weighted by molar-refractivity contribution is -0.141. The molecule has 0 saturated heterocycles. The average Bonchev–Trinajstić information content (AvgIpc) is 3.09. The zero-order chi connectivity index (χ0) is 23.5. The van der Waals surface area contributed by atoms with Crippen molar-refractivity contribution in [2.75, 3.05) is 13.1 Å². The van der Waals surface area contributed by atoms with Gasteiger partial charge in [-0.25, -0.2) is 4.79 Å².